The molecule has 0 aromatic carbocycles. The van der Waals surface area contributed by atoms with E-state index in [4.69, 9.17) is 5.11 Å². The molecule has 3 heteroatoms. The fraction of sp³-hybridized carbons (Fsp3) is 0.900. The zero-order chi connectivity index (χ0) is 9.84. The topological polar surface area (TPSA) is 49.3 Å². The molecule has 76 valence electrons. The number of carboxylic acid groups (broad SMARTS) is 1. The number of piperidine rings is 1. The number of aliphatic carboxylic acids is 1. The van der Waals surface area contributed by atoms with E-state index in [0.29, 0.717) is 11.8 Å². The second kappa shape index (κ2) is 4.61. The van der Waals surface area contributed by atoms with Gasteiger partial charge in [0.25, 0.3) is 0 Å². The van der Waals surface area contributed by atoms with Crippen molar-refractivity contribution in [2.75, 3.05) is 6.54 Å². The molecule has 3 nitrogen and oxygen atoms in total. The third-order valence-electron chi connectivity index (χ3n) is 2.63. The number of rotatable bonds is 3. The molecule has 2 atom stereocenters. The molecule has 0 saturated carbocycles. The van der Waals surface area contributed by atoms with Gasteiger partial charge in [-0.2, -0.15) is 0 Å². The van der Waals surface area contributed by atoms with E-state index < -0.39 is 5.97 Å². The Balaban J connectivity index is 2.51. The average molecular weight is 185 g/mol. The maximum absolute atomic E-state index is 10.9. The Morgan fingerprint density at radius 1 is 1.62 bits per heavy atom. The molecule has 2 unspecified atom stereocenters. The highest BCUT2D eigenvalue weighted by Crippen LogP contribution is 2.23. The van der Waals surface area contributed by atoms with Gasteiger partial charge in [-0.25, -0.2) is 0 Å². The molecular formula is C10H19NO2. The second-order valence-electron chi connectivity index (χ2n) is 4.30. The van der Waals surface area contributed by atoms with Crippen LogP contribution in [0.3, 0.4) is 0 Å². The monoisotopic (exact) mass is 185 g/mol. The third kappa shape index (κ3) is 2.99. The third-order valence-corrected chi connectivity index (χ3v) is 2.63. The lowest BCUT2D eigenvalue weighted by Crippen LogP contribution is -2.47. The maximum atomic E-state index is 10.9. The van der Waals surface area contributed by atoms with Crippen LogP contribution < -0.4 is 5.32 Å². The Morgan fingerprint density at radius 3 is 2.85 bits per heavy atom. The van der Waals surface area contributed by atoms with Crippen molar-refractivity contribution in [1.29, 1.82) is 0 Å². The molecule has 0 aliphatic carbocycles. The fourth-order valence-electron chi connectivity index (χ4n) is 2.10. The zero-order valence-corrected chi connectivity index (χ0v) is 8.42. The molecule has 1 rings (SSSR count). The fourth-order valence-corrected chi connectivity index (χ4v) is 2.10. The van der Waals surface area contributed by atoms with Gasteiger partial charge in [-0.3, -0.25) is 4.79 Å². The molecule has 0 aromatic rings. The summed E-state index contributed by atoms with van der Waals surface area (Å²) in [5.41, 5.74) is 0. The maximum Gasteiger partial charge on any atom is 0.320 e. The van der Waals surface area contributed by atoms with E-state index in [1.807, 2.05) is 0 Å². The van der Waals surface area contributed by atoms with Crippen LogP contribution in [0.4, 0.5) is 0 Å². The molecule has 0 spiro atoms. The van der Waals surface area contributed by atoms with Crippen LogP contribution in [0.25, 0.3) is 0 Å². The van der Waals surface area contributed by atoms with Gasteiger partial charge in [0.2, 0.25) is 0 Å². The van der Waals surface area contributed by atoms with Gasteiger partial charge in [0.05, 0.1) is 0 Å². The lowest BCUT2D eigenvalue weighted by molar-refractivity contribution is -0.141. The first-order chi connectivity index (χ1) is 6.11. The minimum absolute atomic E-state index is 0.309. The first-order valence-electron chi connectivity index (χ1n) is 5.07. The van der Waals surface area contributed by atoms with Crippen LogP contribution in [0.15, 0.2) is 0 Å². The molecule has 1 saturated heterocycles. The SMILES string of the molecule is CC(C)CC1CCCNC1C(=O)O. The van der Waals surface area contributed by atoms with E-state index in [-0.39, 0.29) is 6.04 Å². The Morgan fingerprint density at radius 2 is 2.31 bits per heavy atom. The molecule has 0 amide bonds. The summed E-state index contributed by atoms with van der Waals surface area (Å²) in [7, 11) is 0. The molecule has 1 heterocycles. The standard InChI is InChI=1S/C10H19NO2/c1-7(2)6-8-4-3-5-11-9(8)10(12)13/h7-9,11H,3-6H2,1-2H3,(H,12,13). The minimum Gasteiger partial charge on any atom is -0.480 e. The van der Waals surface area contributed by atoms with Gasteiger partial charge in [0, 0.05) is 0 Å². The van der Waals surface area contributed by atoms with Gasteiger partial charge in [-0.1, -0.05) is 13.8 Å². The molecular weight excluding hydrogens is 166 g/mol. The molecule has 0 radical (unpaired) electrons. The molecule has 1 aliphatic heterocycles. The summed E-state index contributed by atoms with van der Waals surface area (Å²) in [5.74, 6) is 0.225. The number of nitrogens with one attached hydrogen (secondary N) is 1. The number of carboxylic acids is 1. The van der Waals surface area contributed by atoms with Crippen molar-refractivity contribution in [2.45, 2.75) is 39.2 Å². The van der Waals surface area contributed by atoms with Crippen molar-refractivity contribution in [1.82, 2.24) is 5.32 Å². The quantitative estimate of drug-likeness (QED) is 0.700. The Labute approximate surface area is 79.5 Å². The van der Waals surface area contributed by atoms with E-state index in [0.717, 1.165) is 25.8 Å². The first-order valence-corrected chi connectivity index (χ1v) is 5.07. The van der Waals surface area contributed by atoms with Crippen LogP contribution in [-0.2, 0) is 4.79 Å². The molecule has 0 aromatic heterocycles. The number of hydrogen-bond acceptors (Lipinski definition) is 2. The summed E-state index contributed by atoms with van der Waals surface area (Å²) in [6.45, 7) is 5.15. The highest BCUT2D eigenvalue weighted by molar-refractivity contribution is 5.74. The normalized spacial score (nSPS) is 29.2. The molecule has 2 N–H and O–H groups in total. The smallest absolute Gasteiger partial charge is 0.320 e. The summed E-state index contributed by atoms with van der Waals surface area (Å²) in [4.78, 5) is 10.9. The van der Waals surface area contributed by atoms with Crippen molar-refractivity contribution < 1.29 is 9.90 Å². The lowest BCUT2D eigenvalue weighted by atomic mass is 9.84. The Kier molecular flexibility index (Phi) is 3.72. The summed E-state index contributed by atoms with van der Waals surface area (Å²) in [5, 5.41) is 12.0. The predicted octanol–water partition coefficient (Wildman–Crippen LogP) is 1.49. The number of carbonyl (C=O) groups is 1. The van der Waals surface area contributed by atoms with Crippen molar-refractivity contribution in [3.05, 3.63) is 0 Å². The van der Waals surface area contributed by atoms with Crippen LogP contribution in [0.5, 0.6) is 0 Å². The largest absolute Gasteiger partial charge is 0.480 e. The van der Waals surface area contributed by atoms with Crippen LogP contribution in [0.2, 0.25) is 0 Å². The predicted molar refractivity (Wildman–Crippen MR) is 51.6 cm³/mol. The zero-order valence-electron chi connectivity index (χ0n) is 8.42. The average Bonchev–Trinajstić information content (AvgIpc) is 2.03. The van der Waals surface area contributed by atoms with E-state index in [9.17, 15) is 4.79 Å². The molecule has 1 fully saturated rings. The van der Waals surface area contributed by atoms with Crippen LogP contribution >= 0.6 is 0 Å². The van der Waals surface area contributed by atoms with E-state index in [1.165, 1.54) is 0 Å². The molecule has 1 aliphatic rings. The summed E-state index contributed by atoms with van der Waals surface area (Å²) in [6, 6.07) is -0.309. The minimum atomic E-state index is -0.689. The highest BCUT2D eigenvalue weighted by Gasteiger charge is 2.30. The van der Waals surface area contributed by atoms with E-state index in [1.54, 1.807) is 0 Å². The van der Waals surface area contributed by atoms with Gasteiger partial charge in [-0.15, -0.1) is 0 Å². The lowest BCUT2D eigenvalue weighted by Gasteiger charge is -2.30. The summed E-state index contributed by atoms with van der Waals surface area (Å²) in [6.07, 6.45) is 3.19. The molecule has 0 bridgehead atoms. The van der Waals surface area contributed by atoms with Gasteiger partial charge in [-0.05, 0) is 37.6 Å². The summed E-state index contributed by atoms with van der Waals surface area (Å²) < 4.78 is 0. The van der Waals surface area contributed by atoms with Crippen LogP contribution in [0.1, 0.15) is 33.1 Å². The van der Waals surface area contributed by atoms with Crippen molar-refractivity contribution in [2.24, 2.45) is 11.8 Å². The van der Waals surface area contributed by atoms with Gasteiger partial charge in [0.1, 0.15) is 6.04 Å². The molecule has 13 heavy (non-hydrogen) atoms. The Bertz CT molecular complexity index is 180. The van der Waals surface area contributed by atoms with Crippen molar-refractivity contribution in [3.63, 3.8) is 0 Å². The van der Waals surface area contributed by atoms with E-state index in [2.05, 4.69) is 19.2 Å². The van der Waals surface area contributed by atoms with Gasteiger partial charge < -0.3 is 10.4 Å². The van der Waals surface area contributed by atoms with Gasteiger partial charge >= 0.3 is 5.97 Å². The van der Waals surface area contributed by atoms with Crippen molar-refractivity contribution >= 4 is 5.97 Å². The first kappa shape index (κ1) is 10.5. The second-order valence-corrected chi connectivity index (χ2v) is 4.30. The summed E-state index contributed by atoms with van der Waals surface area (Å²) >= 11 is 0. The highest BCUT2D eigenvalue weighted by atomic mass is 16.4. The van der Waals surface area contributed by atoms with Crippen molar-refractivity contribution in [3.8, 4) is 0 Å². The Hall–Kier alpha value is -0.570. The number of hydrogen-bond donors (Lipinski definition) is 2. The van der Waals surface area contributed by atoms with Crippen LogP contribution in [-0.4, -0.2) is 23.7 Å². The van der Waals surface area contributed by atoms with Gasteiger partial charge in [0.15, 0.2) is 0 Å². The van der Waals surface area contributed by atoms with Crippen LogP contribution in [0, 0.1) is 11.8 Å². The van der Waals surface area contributed by atoms with E-state index >= 15 is 0 Å².